The van der Waals surface area contributed by atoms with E-state index in [-0.39, 0.29) is 76.3 Å². The number of amides is 2. The van der Waals surface area contributed by atoms with Crippen molar-refractivity contribution in [3.05, 3.63) is 6.33 Å². The number of nitrogens with zero attached hydrogens (tertiary/aromatic N) is 6. The topological polar surface area (TPSA) is 163 Å². The van der Waals surface area contributed by atoms with Crippen molar-refractivity contribution < 1.29 is 24.3 Å². The van der Waals surface area contributed by atoms with E-state index >= 15 is 0 Å². The van der Waals surface area contributed by atoms with Gasteiger partial charge in [-0.15, -0.1) is 5.10 Å². The molecule has 6 fully saturated rings. The first kappa shape index (κ1) is 27.3. The third-order valence-corrected chi connectivity index (χ3v) is 12.7. The van der Waals surface area contributed by atoms with Gasteiger partial charge >= 0.3 is 5.97 Å². The predicted octanol–water partition coefficient (Wildman–Crippen LogP) is -0.759. The van der Waals surface area contributed by atoms with Gasteiger partial charge in [0.25, 0.3) is 0 Å². The molecule has 2 bridgehead atoms. The molecule has 13 nitrogen and oxygen atoms in total. The fourth-order valence-electron chi connectivity index (χ4n) is 9.06. The van der Waals surface area contributed by atoms with Gasteiger partial charge < -0.3 is 25.5 Å². The third-order valence-electron chi connectivity index (χ3n) is 10.9. The summed E-state index contributed by atoms with van der Waals surface area (Å²) in [6.07, 6.45) is 4.45. The zero-order valence-corrected chi connectivity index (χ0v) is 24.2. The molecule has 11 atom stereocenters. The van der Waals surface area contributed by atoms with E-state index in [1.54, 1.807) is 16.7 Å². The molecule has 0 aromatic carbocycles. The van der Waals surface area contributed by atoms with Gasteiger partial charge in [-0.05, 0) is 54.0 Å². The van der Waals surface area contributed by atoms with E-state index in [0.717, 1.165) is 32.5 Å². The molecular formula is C27H38N8O5S. The molecule has 0 radical (unpaired) electrons. The van der Waals surface area contributed by atoms with Crippen LogP contribution in [0.5, 0.6) is 0 Å². The molecule has 5 aliphatic heterocycles. The number of rotatable bonds is 9. The number of thioether (sulfide) groups is 1. The number of β-lactam (4-membered cyclic amide) rings is 1. The quantitative estimate of drug-likeness (QED) is 0.312. The molecule has 1 aliphatic carbocycles. The van der Waals surface area contributed by atoms with E-state index in [1.807, 2.05) is 13.8 Å². The summed E-state index contributed by atoms with van der Waals surface area (Å²) in [6.45, 7) is 7.55. The number of likely N-dealkylation sites (tertiary alicyclic amines) is 1. The maximum absolute atomic E-state index is 13.6. The molecule has 14 heteroatoms. The van der Waals surface area contributed by atoms with Crippen LogP contribution in [0.25, 0.3) is 0 Å². The van der Waals surface area contributed by atoms with Crippen LogP contribution in [0.3, 0.4) is 0 Å². The van der Waals surface area contributed by atoms with Crippen LogP contribution < -0.4 is 10.6 Å². The van der Waals surface area contributed by atoms with E-state index in [4.69, 9.17) is 0 Å². The zero-order chi connectivity index (χ0) is 28.6. The van der Waals surface area contributed by atoms with Crippen molar-refractivity contribution in [1.29, 1.82) is 0 Å². The molecule has 1 aromatic heterocycles. The highest BCUT2D eigenvalue weighted by Crippen LogP contribution is 2.54. The Bertz CT molecular complexity index is 1250. The number of hydrogen-bond donors (Lipinski definition) is 3. The molecule has 1 saturated carbocycles. The number of nitrogens with one attached hydrogen (secondary N) is 2. The number of Topliss-reactive ketones (excluding diaryl/α,β-unsaturated/α-hetero) is 1. The van der Waals surface area contributed by atoms with E-state index in [9.17, 15) is 24.3 Å². The monoisotopic (exact) mass is 586 g/mol. The number of carboxylic acids is 1. The molecule has 4 unspecified atom stereocenters. The number of hydrogen-bond acceptors (Lipinski definition) is 10. The van der Waals surface area contributed by atoms with Crippen molar-refractivity contribution in [2.45, 2.75) is 80.7 Å². The fourth-order valence-corrected chi connectivity index (χ4v) is 10.8. The molecule has 222 valence electrons. The van der Waals surface area contributed by atoms with Crippen LogP contribution in [0.2, 0.25) is 0 Å². The molecular weight excluding hydrogens is 548 g/mol. The summed E-state index contributed by atoms with van der Waals surface area (Å²) < 4.78 is 1.36. The number of carbonyl (C=O) groups excluding carboxylic acids is 3. The molecule has 1 aromatic rings. The molecule has 5 saturated heterocycles. The van der Waals surface area contributed by atoms with Gasteiger partial charge in [0.15, 0.2) is 5.78 Å². The van der Waals surface area contributed by atoms with Crippen molar-refractivity contribution in [1.82, 2.24) is 40.6 Å². The number of ketones is 1. The Balaban J connectivity index is 0.981. The number of piperidine rings is 1. The second-order valence-corrected chi connectivity index (χ2v) is 14.8. The lowest BCUT2D eigenvalue weighted by atomic mass is 9.73. The summed E-state index contributed by atoms with van der Waals surface area (Å²) in [5.41, 5.74) is 0.257. The molecule has 7 rings (SSSR count). The van der Waals surface area contributed by atoms with Crippen LogP contribution in [0.1, 0.15) is 39.5 Å². The van der Waals surface area contributed by atoms with E-state index in [1.165, 1.54) is 11.0 Å². The Hall–Kier alpha value is -2.58. The van der Waals surface area contributed by atoms with Gasteiger partial charge in [-0.1, -0.05) is 13.8 Å². The van der Waals surface area contributed by atoms with E-state index < -0.39 is 12.0 Å². The summed E-state index contributed by atoms with van der Waals surface area (Å²) in [6, 6.07) is -1.00. The Labute approximate surface area is 242 Å². The highest BCUT2D eigenvalue weighted by atomic mass is 32.2. The first-order valence-electron chi connectivity index (χ1n) is 14.8. The number of aromatic nitrogens is 4. The lowest BCUT2D eigenvalue weighted by molar-refractivity contribution is -0.168. The highest BCUT2D eigenvalue weighted by Gasteiger charge is 2.65. The predicted molar refractivity (Wildman–Crippen MR) is 146 cm³/mol. The molecule has 41 heavy (non-hydrogen) atoms. The van der Waals surface area contributed by atoms with Crippen molar-refractivity contribution >= 4 is 35.3 Å². The van der Waals surface area contributed by atoms with Crippen LogP contribution in [0, 0.1) is 29.1 Å². The average molecular weight is 587 g/mol. The van der Waals surface area contributed by atoms with Crippen molar-refractivity contribution in [2.75, 3.05) is 26.2 Å². The fraction of sp³-hybridized carbons (Fsp3) is 0.815. The summed E-state index contributed by atoms with van der Waals surface area (Å²) in [5, 5.41) is 27.8. The first-order chi connectivity index (χ1) is 19.7. The smallest absolute Gasteiger partial charge is 0.327 e. The Morgan fingerprint density at radius 3 is 2.85 bits per heavy atom. The number of fused-ring (bicyclic) bond motifs is 2. The largest absolute Gasteiger partial charge is 0.480 e. The number of aliphatic carboxylic acids is 1. The lowest BCUT2D eigenvalue weighted by Crippen LogP contribution is -2.64. The van der Waals surface area contributed by atoms with Gasteiger partial charge in [-0.25, -0.2) is 9.48 Å². The van der Waals surface area contributed by atoms with E-state index in [0.29, 0.717) is 24.9 Å². The van der Waals surface area contributed by atoms with Crippen LogP contribution in [-0.4, -0.2) is 120 Å². The number of tetrazole rings is 1. The van der Waals surface area contributed by atoms with Gasteiger partial charge in [0, 0.05) is 54.1 Å². The standard InChI is InChI=1S/C27H38N8O5S/c1-13(3-17(36)9-33-12-30-31-32-33)20-21-14(2)23(22(26(39)40)35(21)25(20)38)41-18-5-19(29-8-18)24(37)34-11-27-6-16(34)4-15(27)7-28-10-27/h12-16,18-23,28-29H,3-11H2,1-2H3,(H,39,40)/t13-,14+,15?,16?,18-,19-,20+,21+,22?,23?,27+/m0/s1. The molecule has 6 aliphatic rings. The van der Waals surface area contributed by atoms with Gasteiger partial charge in [0.05, 0.1) is 12.0 Å². The van der Waals surface area contributed by atoms with Crippen LogP contribution in [-0.2, 0) is 25.7 Å². The first-order valence-corrected chi connectivity index (χ1v) is 15.8. The molecule has 1 spiro atoms. The summed E-state index contributed by atoms with van der Waals surface area (Å²) in [5.74, 6) is -1.00. The Morgan fingerprint density at radius 2 is 2.10 bits per heavy atom. The summed E-state index contributed by atoms with van der Waals surface area (Å²) in [4.78, 5) is 55.6. The minimum absolute atomic E-state index is 0.0452. The van der Waals surface area contributed by atoms with Crippen LogP contribution in [0.4, 0.5) is 0 Å². The van der Waals surface area contributed by atoms with Crippen LogP contribution in [0.15, 0.2) is 6.33 Å². The normalized spacial score (nSPS) is 41.4. The molecule has 3 N–H and O–H groups in total. The van der Waals surface area contributed by atoms with Crippen molar-refractivity contribution in [3.63, 3.8) is 0 Å². The highest BCUT2D eigenvalue weighted by molar-refractivity contribution is 8.00. The Morgan fingerprint density at radius 1 is 1.27 bits per heavy atom. The van der Waals surface area contributed by atoms with Crippen LogP contribution >= 0.6 is 11.8 Å². The van der Waals surface area contributed by atoms with Crippen molar-refractivity contribution in [3.8, 4) is 0 Å². The second kappa shape index (κ2) is 10.0. The second-order valence-electron chi connectivity index (χ2n) is 13.3. The SMILES string of the molecule is C[C@@H](CC(=O)Cn1cnnn1)[C@H]1C(=O)N2C(C(=O)O)C(S[C@@H]3CN[C@H](C(=O)N4C[C@@]56CNCC5CC4C6)C3)[C@H](C)[C@H]12. The summed E-state index contributed by atoms with van der Waals surface area (Å²) in [7, 11) is 0. The third kappa shape index (κ3) is 4.31. The lowest BCUT2D eigenvalue weighted by Gasteiger charge is -2.48. The van der Waals surface area contributed by atoms with Crippen molar-refractivity contribution in [2.24, 2.45) is 29.1 Å². The molecule has 6 heterocycles. The number of carboxylic acid groups (broad SMARTS) is 1. The van der Waals surface area contributed by atoms with Gasteiger partial charge in [0.1, 0.15) is 18.9 Å². The maximum Gasteiger partial charge on any atom is 0.327 e. The Kier molecular flexibility index (Phi) is 6.66. The maximum atomic E-state index is 13.6. The minimum Gasteiger partial charge on any atom is -0.480 e. The zero-order valence-electron chi connectivity index (χ0n) is 23.4. The minimum atomic E-state index is -0.989. The van der Waals surface area contributed by atoms with Gasteiger partial charge in [-0.3, -0.25) is 14.4 Å². The van der Waals surface area contributed by atoms with Gasteiger partial charge in [0.2, 0.25) is 11.8 Å². The van der Waals surface area contributed by atoms with E-state index in [2.05, 4.69) is 31.1 Å². The molecule has 2 amide bonds. The van der Waals surface area contributed by atoms with Gasteiger partial charge in [-0.2, -0.15) is 11.8 Å². The summed E-state index contributed by atoms with van der Waals surface area (Å²) >= 11 is 1.62. The number of carbonyl (C=O) groups is 4. The average Bonchev–Trinajstić information content (AvgIpc) is 3.75.